The lowest BCUT2D eigenvalue weighted by Gasteiger charge is -2.17. The third kappa shape index (κ3) is 2.80. The molecule has 3 heteroatoms. The lowest BCUT2D eigenvalue weighted by Crippen LogP contribution is -2.23. The van der Waals surface area contributed by atoms with E-state index in [0.29, 0.717) is 5.39 Å². The van der Waals surface area contributed by atoms with Crippen molar-refractivity contribution in [2.45, 2.75) is 26.2 Å². The highest BCUT2D eigenvalue weighted by Crippen LogP contribution is 2.28. The largest absolute Gasteiger partial charge is 0.281 e. The Morgan fingerprint density at radius 1 is 1.08 bits per heavy atom. The number of aryl methyl sites for hydroxylation is 1. The maximum atomic E-state index is 13.7. The van der Waals surface area contributed by atoms with Crippen LogP contribution in [0.15, 0.2) is 71.6 Å². The van der Waals surface area contributed by atoms with Crippen molar-refractivity contribution < 1.29 is 4.39 Å². The van der Waals surface area contributed by atoms with E-state index < -0.39 is 0 Å². The predicted octanol–water partition coefficient (Wildman–Crippen LogP) is 5.56. The lowest BCUT2D eigenvalue weighted by molar-refractivity contribution is 0.628. The van der Waals surface area contributed by atoms with Gasteiger partial charge in [0.1, 0.15) is 5.82 Å². The third-order valence-electron chi connectivity index (χ3n) is 4.85. The Balaban J connectivity index is 2.06. The monoisotopic (exact) mass is 345 g/mol. The molecule has 2 nitrogen and oxygen atoms in total. The summed E-state index contributed by atoms with van der Waals surface area (Å²) in [6, 6.07) is 14.2. The number of nitrogens with zero attached hydrogens (tertiary/aromatic N) is 1. The van der Waals surface area contributed by atoms with Gasteiger partial charge in [0.15, 0.2) is 0 Å². The number of benzene rings is 2. The van der Waals surface area contributed by atoms with Crippen LogP contribution in [0.4, 0.5) is 4.39 Å². The van der Waals surface area contributed by atoms with Crippen molar-refractivity contribution in [1.29, 1.82) is 0 Å². The molecule has 1 heterocycles. The first-order valence-corrected chi connectivity index (χ1v) is 8.99. The molecule has 130 valence electrons. The highest BCUT2D eigenvalue weighted by molar-refractivity contribution is 5.96. The summed E-state index contributed by atoms with van der Waals surface area (Å²) < 4.78 is 15.5. The van der Waals surface area contributed by atoms with Gasteiger partial charge in [-0.3, -0.25) is 9.36 Å². The summed E-state index contributed by atoms with van der Waals surface area (Å²) in [5.74, 6) is -0.303. The fraction of sp³-hybridized carbons (Fsp3) is 0.174. The van der Waals surface area contributed by atoms with Crippen molar-refractivity contribution in [1.82, 2.24) is 4.57 Å². The van der Waals surface area contributed by atoms with Crippen LogP contribution in [-0.2, 0) is 6.42 Å². The standard InChI is InChI=1S/C23H20FNO/c1-2-19-15-17-9-7-13-21(16-8-6-10-18(24)14-16)22(17)23(26)25(19)20-11-4-3-5-12-20/h4,6-15H,2-3,5H2,1H3. The molecule has 0 saturated heterocycles. The quantitative estimate of drug-likeness (QED) is 0.609. The summed E-state index contributed by atoms with van der Waals surface area (Å²) in [5, 5.41) is 1.53. The molecule has 26 heavy (non-hydrogen) atoms. The second-order valence-corrected chi connectivity index (χ2v) is 6.52. The number of fused-ring (bicyclic) bond motifs is 1. The van der Waals surface area contributed by atoms with Crippen LogP contribution in [0, 0.1) is 5.82 Å². The second kappa shape index (κ2) is 6.75. The Kier molecular flexibility index (Phi) is 4.29. The molecule has 0 unspecified atom stereocenters. The van der Waals surface area contributed by atoms with Gasteiger partial charge in [-0.05, 0) is 60.1 Å². The van der Waals surface area contributed by atoms with Gasteiger partial charge in [0.25, 0.3) is 5.56 Å². The normalized spacial score (nSPS) is 13.8. The first-order chi connectivity index (χ1) is 12.7. The molecule has 0 radical (unpaired) electrons. The minimum Gasteiger partial charge on any atom is -0.281 e. The van der Waals surface area contributed by atoms with Crippen molar-refractivity contribution in [3.8, 4) is 11.1 Å². The fourth-order valence-corrected chi connectivity index (χ4v) is 3.62. The van der Waals surface area contributed by atoms with E-state index in [-0.39, 0.29) is 11.4 Å². The Hall–Kier alpha value is -2.94. The average molecular weight is 345 g/mol. The van der Waals surface area contributed by atoms with Crippen molar-refractivity contribution in [2.75, 3.05) is 0 Å². The highest BCUT2D eigenvalue weighted by Gasteiger charge is 2.15. The molecule has 0 fully saturated rings. The highest BCUT2D eigenvalue weighted by atomic mass is 19.1. The molecule has 0 amide bonds. The van der Waals surface area contributed by atoms with Gasteiger partial charge in [0.2, 0.25) is 0 Å². The van der Waals surface area contributed by atoms with Crippen molar-refractivity contribution >= 4 is 16.5 Å². The van der Waals surface area contributed by atoms with Crippen LogP contribution in [0.3, 0.4) is 0 Å². The molecule has 0 N–H and O–H groups in total. The Morgan fingerprint density at radius 3 is 2.65 bits per heavy atom. The predicted molar refractivity (Wildman–Crippen MR) is 106 cm³/mol. The Labute approximate surface area is 151 Å². The summed E-state index contributed by atoms with van der Waals surface area (Å²) in [7, 11) is 0. The molecule has 0 aliphatic heterocycles. The summed E-state index contributed by atoms with van der Waals surface area (Å²) in [6.07, 6.45) is 8.93. The van der Waals surface area contributed by atoms with Crippen LogP contribution >= 0.6 is 0 Å². The molecule has 1 aliphatic rings. The van der Waals surface area contributed by atoms with E-state index >= 15 is 0 Å². The first kappa shape index (κ1) is 16.5. The summed E-state index contributed by atoms with van der Waals surface area (Å²) in [6.45, 7) is 2.06. The van der Waals surface area contributed by atoms with E-state index in [4.69, 9.17) is 0 Å². The number of allylic oxidation sites excluding steroid dienone is 4. The average Bonchev–Trinajstić information content (AvgIpc) is 2.68. The summed E-state index contributed by atoms with van der Waals surface area (Å²) in [5.41, 5.74) is 3.35. The van der Waals surface area contributed by atoms with E-state index in [2.05, 4.69) is 25.1 Å². The minimum absolute atomic E-state index is 0.0444. The molecule has 2 aromatic carbocycles. The van der Waals surface area contributed by atoms with Crippen LogP contribution in [0.5, 0.6) is 0 Å². The third-order valence-corrected chi connectivity index (χ3v) is 4.85. The van der Waals surface area contributed by atoms with E-state index in [1.807, 2.05) is 30.3 Å². The summed E-state index contributed by atoms with van der Waals surface area (Å²) in [4.78, 5) is 13.5. The molecular formula is C23H20FNO. The topological polar surface area (TPSA) is 22.0 Å². The van der Waals surface area contributed by atoms with Crippen LogP contribution in [-0.4, -0.2) is 4.57 Å². The molecular weight excluding hydrogens is 325 g/mol. The van der Waals surface area contributed by atoms with Crippen molar-refractivity contribution in [3.05, 3.63) is 88.6 Å². The number of aromatic nitrogens is 1. The number of rotatable bonds is 3. The van der Waals surface area contributed by atoms with Crippen LogP contribution in [0.1, 0.15) is 25.5 Å². The number of pyridine rings is 1. The van der Waals surface area contributed by atoms with E-state index in [1.54, 1.807) is 10.6 Å². The number of hydrogen-bond acceptors (Lipinski definition) is 1. The van der Waals surface area contributed by atoms with Gasteiger partial charge in [-0.1, -0.05) is 49.4 Å². The number of halogens is 1. The molecule has 1 aromatic heterocycles. The van der Waals surface area contributed by atoms with E-state index in [0.717, 1.165) is 47.2 Å². The zero-order chi connectivity index (χ0) is 18.1. The second-order valence-electron chi connectivity index (χ2n) is 6.52. The lowest BCUT2D eigenvalue weighted by atomic mass is 9.98. The molecule has 3 aromatic rings. The van der Waals surface area contributed by atoms with Gasteiger partial charge in [0.05, 0.1) is 5.39 Å². The van der Waals surface area contributed by atoms with Crippen molar-refractivity contribution in [3.63, 3.8) is 0 Å². The van der Waals surface area contributed by atoms with Gasteiger partial charge in [-0.15, -0.1) is 0 Å². The molecule has 0 atom stereocenters. The molecule has 0 bridgehead atoms. The van der Waals surface area contributed by atoms with Gasteiger partial charge in [-0.2, -0.15) is 0 Å². The number of hydrogen-bond donors (Lipinski definition) is 0. The van der Waals surface area contributed by atoms with Gasteiger partial charge in [0, 0.05) is 11.4 Å². The van der Waals surface area contributed by atoms with Crippen molar-refractivity contribution in [2.24, 2.45) is 0 Å². The molecule has 1 aliphatic carbocycles. The molecule has 0 spiro atoms. The maximum Gasteiger partial charge on any atom is 0.263 e. The van der Waals surface area contributed by atoms with E-state index in [9.17, 15) is 9.18 Å². The van der Waals surface area contributed by atoms with Crippen LogP contribution < -0.4 is 5.56 Å². The Morgan fingerprint density at radius 2 is 1.92 bits per heavy atom. The van der Waals surface area contributed by atoms with E-state index in [1.165, 1.54) is 12.1 Å². The van der Waals surface area contributed by atoms with Gasteiger partial charge < -0.3 is 0 Å². The zero-order valence-corrected chi connectivity index (χ0v) is 14.7. The minimum atomic E-state index is -0.303. The van der Waals surface area contributed by atoms with Crippen LogP contribution in [0.2, 0.25) is 0 Å². The fourth-order valence-electron chi connectivity index (χ4n) is 3.62. The zero-order valence-electron chi connectivity index (χ0n) is 14.7. The molecule has 0 saturated carbocycles. The van der Waals surface area contributed by atoms with Gasteiger partial charge >= 0.3 is 0 Å². The van der Waals surface area contributed by atoms with Crippen LogP contribution in [0.25, 0.3) is 27.6 Å². The first-order valence-electron chi connectivity index (χ1n) is 8.99. The Bertz CT molecular complexity index is 1100. The molecule has 4 rings (SSSR count). The van der Waals surface area contributed by atoms with Gasteiger partial charge in [-0.25, -0.2) is 4.39 Å². The maximum absolute atomic E-state index is 13.7. The SMILES string of the molecule is CCc1cc2cccc(-c3cccc(F)c3)c2c(=O)n1C1=CCCC=C1. The smallest absolute Gasteiger partial charge is 0.263 e. The summed E-state index contributed by atoms with van der Waals surface area (Å²) >= 11 is 0.